The molecule has 0 spiro atoms. The monoisotopic (exact) mass is 307 g/mol. The zero-order chi connectivity index (χ0) is 15.6. The van der Waals surface area contributed by atoms with Crippen LogP contribution in [0.2, 0.25) is 0 Å². The van der Waals surface area contributed by atoms with Crippen LogP contribution in [-0.2, 0) is 9.84 Å². The molecule has 0 aliphatic rings. The fourth-order valence-corrected chi connectivity index (χ4v) is 2.28. The summed E-state index contributed by atoms with van der Waals surface area (Å²) in [6.45, 7) is 1.68. The van der Waals surface area contributed by atoms with Gasteiger partial charge in [0.2, 0.25) is 5.88 Å². The number of carboxylic acid groups (broad SMARTS) is 1. The Hall–Kier alpha value is -2.41. The maximum atomic E-state index is 11.3. The molecule has 2 rings (SSSR count). The molecule has 0 unspecified atom stereocenters. The maximum absolute atomic E-state index is 11.3. The molecule has 0 aliphatic heterocycles. The van der Waals surface area contributed by atoms with Gasteiger partial charge in [-0.2, -0.15) is 0 Å². The topological polar surface area (TPSA) is 93.6 Å². The largest absolute Gasteiger partial charge is 0.478 e. The van der Waals surface area contributed by atoms with Gasteiger partial charge >= 0.3 is 5.97 Å². The molecule has 6 nitrogen and oxygen atoms in total. The highest BCUT2D eigenvalue weighted by Crippen LogP contribution is 2.24. The van der Waals surface area contributed by atoms with E-state index in [1.807, 2.05) is 0 Å². The smallest absolute Gasteiger partial charge is 0.337 e. The molecule has 1 heterocycles. The standard InChI is InChI=1S/C14H13NO5S/c1-9-7-10(14(16)17)8-15-13(9)20-11-3-5-12(6-4-11)21(2,18)19/h3-8H,1-2H3,(H,16,17). The van der Waals surface area contributed by atoms with Gasteiger partial charge in [-0.1, -0.05) is 0 Å². The van der Waals surface area contributed by atoms with Crippen molar-refractivity contribution in [2.24, 2.45) is 0 Å². The lowest BCUT2D eigenvalue weighted by Gasteiger charge is -2.08. The molecule has 0 fully saturated rings. The van der Waals surface area contributed by atoms with E-state index in [4.69, 9.17) is 9.84 Å². The van der Waals surface area contributed by atoms with E-state index in [2.05, 4.69) is 4.98 Å². The number of sulfone groups is 1. The fourth-order valence-electron chi connectivity index (χ4n) is 1.65. The average molecular weight is 307 g/mol. The number of hydrogen-bond donors (Lipinski definition) is 1. The normalized spacial score (nSPS) is 11.1. The van der Waals surface area contributed by atoms with Crippen molar-refractivity contribution in [3.8, 4) is 11.6 Å². The van der Waals surface area contributed by atoms with Crippen molar-refractivity contribution >= 4 is 15.8 Å². The van der Waals surface area contributed by atoms with Crippen molar-refractivity contribution < 1.29 is 23.1 Å². The quantitative estimate of drug-likeness (QED) is 0.931. The van der Waals surface area contributed by atoms with Crippen molar-refractivity contribution in [3.63, 3.8) is 0 Å². The Morgan fingerprint density at radius 1 is 1.24 bits per heavy atom. The first-order valence-electron chi connectivity index (χ1n) is 5.95. The molecule has 1 N–H and O–H groups in total. The summed E-state index contributed by atoms with van der Waals surface area (Å²) in [7, 11) is -3.25. The van der Waals surface area contributed by atoms with E-state index in [1.54, 1.807) is 6.92 Å². The number of benzene rings is 1. The number of hydrogen-bond acceptors (Lipinski definition) is 5. The van der Waals surface area contributed by atoms with Crippen LogP contribution < -0.4 is 4.74 Å². The minimum atomic E-state index is -3.25. The van der Waals surface area contributed by atoms with E-state index in [-0.39, 0.29) is 16.3 Å². The molecule has 2 aromatic rings. The third-order valence-corrected chi connectivity index (χ3v) is 3.87. The van der Waals surface area contributed by atoms with Crippen LogP contribution in [0.3, 0.4) is 0 Å². The van der Waals surface area contributed by atoms with Crippen molar-refractivity contribution in [1.82, 2.24) is 4.98 Å². The minimum absolute atomic E-state index is 0.0762. The molecule has 0 saturated heterocycles. The lowest BCUT2D eigenvalue weighted by atomic mass is 10.2. The molecule has 0 bridgehead atoms. The second kappa shape index (κ2) is 5.53. The van der Waals surface area contributed by atoms with Crippen molar-refractivity contribution in [2.75, 3.05) is 6.26 Å². The third-order valence-electron chi connectivity index (χ3n) is 2.74. The number of rotatable bonds is 4. The van der Waals surface area contributed by atoms with E-state index in [1.165, 1.54) is 36.5 Å². The number of aromatic nitrogens is 1. The second-order valence-electron chi connectivity index (χ2n) is 4.50. The minimum Gasteiger partial charge on any atom is -0.478 e. The average Bonchev–Trinajstić information content (AvgIpc) is 2.40. The van der Waals surface area contributed by atoms with E-state index in [0.717, 1.165) is 6.26 Å². The van der Waals surface area contributed by atoms with Crippen LogP contribution in [0.4, 0.5) is 0 Å². The number of aryl methyl sites for hydroxylation is 1. The molecule has 7 heteroatoms. The Bertz CT molecular complexity index is 782. The van der Waals surface area contributed by atoms with Gasteiger partial charge in [0.05, 0.1) is 10.5 Å². The predicted octanol–water partition coefficient (Wildman–Crippen LogP) is 2.28. The van der Waals surface area contributed by atoms with Crippen LogP contribution in [-0.4, -0.2) is 30.7 Å². The number of nitrogens with zero attached hydrogens (tertiary/aromatic N) is 1. The fraction of sp³-hybridized carbons (Fsp3) is 0.143. The molecule has 1 aromatic carbocycles. The SMILES string of the molecule is Cc1cc(C(=O)O)cnc1Oc1ccc(S(C)(=O)=O)cc1. The first-order valence-corrected chi connectivity index (χ1v) is 7.84. The van der Waals surface area contributed by atoms with Crippen molar-refractivity contribution in [3.05, 3.63) is 47.7 Å². The summed E-state index contributed by atoms with van der Waals surface area (Å²) in [6, 6.07) is 7.36. The van der Waals surface area contributed by atoms with Gasteiger partial charge in [-0.25, -0.2) is 18.2 Å². The molecular formula is C14H13NO5S. The molecule has 0 amide bonds. The van der Waals surface area contributed by atoms with Gasteiger partial charge < -0.3 is 9.84 Å². The van der Waals surface area contributed by atoms with Crippen LogP contribution in [0, 0.1) is 6.92 Å². The third kappa shape index (κ3) is 3.57. The Morgan fingerprint density at radius 2 is 1.86 bits per heavy atom. The summed E-state index contributed by atoms with van der Waals surface area (Å²) < 4.78 is 28.2. The van der Waals surface area contributed by atoms with E-state index >= 15 is 0 Å². The summed E-state index contributed by atoms with van der Waals surface area (Å²) in [5.74, 6) is -0.372. The van der Waals surface area contributed by atoms with Gasteiger partial charge in [0, 0.05) is 18.0 Å². The molecule has 0 saturated carbocycles. The van der Waals surface area contributed by atoms with Crippen LogP contribution in [0.1, 0.15) is 15.9 Å². The Kier molecular flexibility index (Phi) is 3.95. The Morgan fingerprint density at radius 3 is 2.33 bits per heavy atom. The van der Waals surface area contributed by atoms with Gasteiger partial charge in [-0.3, -0.25) is 0 Å². The summed E-state index contributed by atoms with van der Waals surface area (Å²) in [6.07, 6.45) is 2.33. The van der Waals surface area contributed by atoms with Gasteiger partial charge in [-0.15, -0.1) is 0 Å². The first-order chi connectivity index (χ1) is 9.77. The van der Waals surface area contributed by atoms with E-state index in [9.17, 15) is 13.2 Å². The molecule has 0 aliphatic carbocycles. The molecule has 0 atom stereocenters. The van der Waals surface area contributed by atoms with Crippen LogP contribution >= 0.6 is 0 Å². The number of ether oxygens (including phenoxy) is 1. The highest BCUT2D eigenvalue weighted by Gasteiger charge is 2.10. The highest BCUT2D eigenvalue weighted by atomic mass is 32.2. The Balaban J connectivity index is 2.24. The number of carbonyl (C=O) groups is 1. The number of pyridine rings is 1. The number of carboxylic acids is 1. The maximum Gasteiger partial charge on any atom is 0.337 e. The molecular weight excluding hydrogens is 294 g/mol. The lowest BCUT2D eigenvalue weighted by molar-refractivity contribution is 0.0696. The van der Waals surface area contributed by atoms with Gasteiger partial charge in [-0.05, 0) is 37.3 Å². The summed E-state index contributed by atoms with van der Waals surface area (Å²) in [4.78, 5) is 15.0. The van der Waals surface area contributed by atoms with E-state index < -0.39 is 15.8 Å². The summed E-state index contributed by atoms with van der Waals surface area (Å²) >= 11 is 0. The van der Waals surface area contributed by atoms with Crippen LogP contribution in [0.15, 0.2) is 41.4 Å². The first kappa shape index (κ1) is 15.0. The van der Waals surface area contributed by atoms with Crippen LogP contribution in [0.5, 0.6) is 11.6 Å². The van der Waals surface area contributed by atoms with Crippen LogP contribution in [0.25, 0.3) is 0 Å². The Labute approximate surface area is 121 Å². The zero-order valence-corrected chi connectivity index (χ0v) is 12.2. The van der Waals surface area contributed by atoms with Crippen molar-refractivity contribution in [1.29, 1.82) is 0 Å². The van der Waals surface area contributed by atoms with Crippen molar-refractivity contribution in [2.45, 2.75) is 11.8 Å². The van der Waals surface area contributed by atoms with Gasteiger partial charge in [0.15, 0.2) is 9.84 Å². The molecule has 1 aromatic heterocycles. The second-order valence-corrected chi connectivity index (χ2v) is 6.51. The van der Waals surface area contributed by atoms with Gasteiger partial charge in [0.25, 0.3) is 0 Å². The molecule has 110 valence electrons. The molecule has 21 heavy (non-hydrogen) atoms. The summed E-state index contributed by atoms with van der Waals surface area (Å²) in [5.41, 5.74) is 0.648. The highest BCUT2D eigenvalue weighted by molar-refractivity contribution is 7.90. The lowest BCUT2D eigenvalue weighted by Crippen LogP contribution is -2.00. The summed E-state index contributed by atoms with van der Waals surface area (Å²) in [5, 5.41) is 8.86. The zero-order valence-electron chi connectivity index (χ0n) is 11.4. The van der Waals surface area contributed by atoms with E-state index in [0.29, 0.717) is 11.3 Å². The number of aromatic carboxylic acids is 1. The van der Waals surface area contributed by atoms with Gasteiger partial charge in [0.1, 0.15) is 5.75 Å². The predicted molar refractivity (Wildman–Crippen MR) is 75.6 cm³/mol. The molecule has 0 radical (unpaired) electrons.